The Hall–Kier alpha value is -0.543. The minimum absolute atomic E-state index is 0.578. The third-order valence-corrected chi connectivity index (χ3v) is 3.98. The Kier molecular flexibility index (Phi) is 10.9. The molecule has 0 atom stereocenters. The van der Waals surface area contributed by atoms with Crippen molar-refractivity contribution in [3.63, 3.8) is 0 Å². The zero-order chi connectivity index (χ0) is 15.5. The summed E-state index contributed by atoms with van der Waals surface area (Å²) in [6.07, 6.45) is 4.56. The Morgan fingerprint density at radius 3 is 2.45 bits per heavy atom. The molecule has 2 radical (unpaired) electrons. The fraction of sp³-hybridized carbons (Fsp3) is 0.765. The van der Waals surface area contributed by atoms with Crippen LogP contribution >= 0.6 is 0 Å². The van der Waals surface area contributed by atoms with Gasteiger partial charge in [0.25, 0.3) is 0 Å². The van der Waals surface area contributed by atoms with Crippen LogP contribution in [0.2, 0.25) is 6.04 Å². The monoisotopic (exact) mass is 295 g/mol. The average molecular weight is 296 g/mol. The van der Waals surface area contributed by atoms with E-state index in [1.54, 1.807) is 0 Å². The molecule has 0 amide bonds. The molecule has 0 N–H and O–H groups in total. The second-order valence-corrected chi connectivity index (χ2v) is 7.13. The fourth-order valence-electron chi connectivity index (χ4n) is 2.22. The molecule has 0 rings (SSSR count). The Bertz CT molecular complexity index is 297. The highest BCUT2D eigenvalue weighted by Gasteiger charge is 2.11. The van der Waals surface area contributed by atoms with Crippen LogP contribution < -0.4 is 0 Å². The number of nitrogens with zero attached hydrogens (tertiary/aromatic N) is 1. The van der Waals surface area contributed by atoms with Crippen LogP contribution in [0.15, 0.2) is 24.0 Å². The van der Waals surface area contributed by atoms with Gasteiger partial charge in [0.1, 0.15) is 0 Å². The first-order chi connectivity index (χ1) is 9.38. The number of rotatable bonds is 11. The average Bonchev–Trinajstić information content (AvgIpc) is 2.31. The summed E-state index contributed by atoms with van der Waals surface area (Å²) in [5.74, 6) is 1.23. The van der Waals surface area contributed by atoms with E-state index in [0.29, 0.717) is 21.6 Å². The second-order valence-electron chi connectivity index (χ2n) is 6.05. The molecule has 0 fully saturated rings. The third kappa shape index (κ3) is 9.37. The molecule has 0 aromatic carbocycles. The molecule has 2 nitrogen and oxygen atoms in total. The van der Waals surface area contributed by atoms with Gasteiger partial charge in [-0.1, -0.05) is 40.3 Å². The number of hydrogen-bond acceptors (Lipinski definition) is 2. The largest absolute Gasteiger partial charge is 0.418 e. The van der Waals surface area contributed by atoms with Gasteiger partial charge in [0, 0.05) is 24.5 Å². The summed E-state index contributed by atoms with van der Waals surface area (Å²) in [5, 5.41) is 0. The van der Waals surface area contributed by atoms with Gasteiger partial charge in [-0.25, -0.2) is 0 Å². The molecule has 0 saturated carbocycles. The highest BCUT2D eigenvalue weighted by Crippen LogP contribution is 2.20. The summed E-state index contributed by atoms with van der Waals surface area (Å²) in [6, 6.07) is 1.15. The summed E-state index contributed by atoms with van der Waals surface area (Å²) in [5.41, 5.74) is 2.58. The molecule has 3 heteroatoms. The Balaban J connectivity index is 4.51. The van der Waals surface area contributed by atoms with Gasteiger partial charge in [-0.2, -0.15) is 0 Å². The van der Waals surface area contributed by atoms with Gasteiger partial charge in [-0.15, -0.1) is 0 Å². The highest BCUT2D eigenvalue weighted by molar-refractivity contribution is 6.26. The van der Waals surface area contributed by atoms with E-state index in [1.165, 1.54) is 17.8 Å². The third-order valence-electron chi connectivity index (χ3n) is 2.93. The van der Waals surface area contributed by atoms with E-state index < -0.39 is 0 Å². The minimum atomic E-state index is 0.578. The quantitative estimate of drug-likeness (QED) is 0.398. The zero-order valence-electron chi connectivity index (χ0n) is 14.3. The lowest BCUT2D eigenvalue weighted by Gasteiger charge is -2.29. The summed E-state index contributed by atoms with van der Waals surface area (Å²) in [7, 11) is 0.635. The zero-order valence-corrected chi connectivity index (χ0v) is 15.3. The van der Waals surface area contributed by atoms with E-state index in [4.69, 9.17) is 4.43 Å². The van der Waals surface area contributed by atoms with Crippen LogP contribution in [0.5, 0.6) is 0 Å². The second kappa shape index (κ2) is 11.2. The van der Waals surface area contributed by atoms with Crippen molar-refractivity contribution >= 4 is 9.76 Å². The first-order valence-electron chi connectivity index (χ1n) is 7.86. The summed E-state index contributed by atoms with van der Waals surface area (Å²) < 4.78 is 5.44. The van der Waals surface area contributed by atoms with Gasteiger partial charge >= 0.3 is 0 Å². The lowest BCUT2D eigenvalue weighted by Crippen LogP contribution is -2.23. The van der Waals surface area contributed by atoms with Gasteiger partial charge < -0.3 is 9.33 Å². The predicted molar refractivity (Wildman–Crippen MR) is 90.7 cm³/mol. The normalized spacial score (nSPS) is 12.3. The van der Waals surface area contributed by atoms with E-state index in [-0.39, 0.29) is 0 Å². The van der Waals surface area contributed by atoms with Crippen LogP contribution in [-0.2, 0) is 4.43 Å². The molecule has 0 aliphatic carbocycles. The highest BCUT2D eigenvalue weighted by atomic mass is 28.2. The molecule has 0 aromatic heterocycles. The lowest BCUT2D eigenvalue weighted by atomic mass is 10.1. The molecular weight excluding hydrogens is 262 g/mol. The molecule has 0 saturated heterocycles. The Morgan fingerprint density at radius 2 is 1.95 bits per heavy atom. The van der Waals surface area contributed by atoms with Crippen molar-refractivity contribution in [1.29, 1.82) is 0 Å². The molecule has 0 aromatic rings. The molecule has 116 valence electrons. The lowest BCUT2D eigenvalue weighted by molar-refractivity contribution is 0.352. The van der Waals surface area contributed by atoms with Gasteiger partial charge in [-0.3, -0.25) is 0 Å². The fourth-order valence-corrected chi connectivity index (χ4v) is 2.87. The van der Waals surface area contributed by atoms with Crippen LogP contribution in [0.25, 0.3) is 0 Å². The molecule has 0 aliphatic heterocycles. The van der Waals surface area contributed by atoms with Gasteiger partial charge in [0.2, 0.25) is 9.76 Å². The molecule has 0 spiro atoms. The van der Waals surface area contributed by atoms with Crippen molar-refractivity contribution in [3.8, 4) is 0 Å². The summed E-state index contributed by atoms with van der Waals surface area (Å²) in [6.45, 7) is 19.4. The summed E-state index contributed by atoms with van der Waals surface area (Å²) in [4.78, 5) is 2.40. The van der Waals surface area contributed by atoms with Crippen molar-refractivity contribution in [1.82, 2.24) is 4.90 Å². The van der Waals surface area contributed by atoms with Crippen LogP contribution in [0.3, 0.4) is 0 Å². The minimum Gasteiger partial charge on any atom is -0.418 e. The molecule has 0 unspecified atom stereocenters. The maximum absolute atomic E-state index is 5.44. The first-order valence-corrected chi connectivity index (χ1v) is 8.98. The number of hydrogen-bond donors (Lipinski definition) is 0. The smallest absolute Gasteiger partial charge is 0.229 e. The van der Waals surface area contributed by atoms with Crippen molar-refractivity contribution in [2.75, 3.05) is 13.2 Å². The van der Waals surface area contributed by atoms with Crippen LogP contribution in [-0.4, -0.2) is 27.8 Å². The molecule has 20 heavy (non-hydrogen) atoms. The maximum Gasteiger partial charge on any atom is 0.229 e. The van der Waals surface area contributed by atoms with E-state index in [9.17, 15) is 0 Å². The van der Waals surface area contributed by atoms with Gasteiger partial charge in [0.15, 0.2) is 0 Å². The standard InChI is InChI=1S/C17H33NOSi/c1-8-19-20-11-9-10-18(16(6)12-14(2)3)17(7)13-15(4)5/h13-15H,6,8-12H2,1-5,7H3/b17-13+. The molecule has 0 heterocycles. The molecule has 0 bridgehead atoms. The SMILES string of the molecule is C=C(CC(C)C)N(CCC[Si]OCC)/C(C)=C/C(C)C. The predicted octanol–water partition coefficient (Wildman–Crippen LogP) is 4.87. The van der Waals surface area contributed by atoms with Crippen molar-refractivity contribution in [3.05, 3.63) is 24.0 Å². The Labute approximate surface area is 129 Å². The van der Waals surface area contributed by atoms with Crippen molar-refractivity contribution in [2.24, 2.45) is 11.8 Å². The van der Waals surface area contributed by atoms with E-state index in [0.717, 1.165) is 25.6 Å². The van der Waals surface area contributed by atoms with Crippen molar-refractivity contribution < 1.29 is 4.43 Å². The number of allylic oxidation sites excluding steroid dienone is 3. The van der Waals surface area contributed by atoms with E-state index in [2.05, 4.69) is 59.1 Å². The van der Waals surface area contributed by atoms with Crippen LogP contribution in [0.4, 0.5) is 0 Å². The van der Waals surface area contributed by atoms with Crippen molar-refractivity contribution in [2.45, 2.75) is 60.4 Å². The van der Waals surface area contributed by atoms with Crippen LogP contribution in [0.1, 0.15) is 54.4 Å². The first kappa shape index (κ1) is 19.5. The molecule has 0 aliphatic rings. The van der Waals surface area contributed by atoms with Gasteiger partial charge in [-0.05, 0) is 44.6 Å². The topological polar surface area (TPSA) is 12.5 Å². The maximum atomic E-state index is 5.44. The van der Waals surface area contributed by atoms with E-state index in [1.807, 2.05) is 0 Å². The Morgan fingerprint density at radius 1 is 1.30 bits per heavy atom. The van der Waals surface area contributed by atoms with Crippen LogP contribution in [0, 0.1) is 11.8 Å². The van der Waals surface area contributed by atoms with E-state index >= 15 is 0 Å². The van der Waals surface area contributed by atoms with Gasteiger partial charge in [0.05, 0.1) is 0 Å². The molecular formula is C17H33NOSi. The summed E-state index contributed by atoms with van der Waals surface area (Å²) >= 11 is 0.